The van der Waals surface area contributed by atoms with Crippen molar-refractivity contribution in [2.75, 3.05) is 31.2 Å². The second kappa shape index (κ2) is 5.61. The molecule has 19 heavy (non-hydrogen) atoms. The van der Waals surface area contributed by atoms with Gasteiger partial charge in [-0.25, -0.2) is 0 Å². The molecule has 0 unspecified atom stereocenters. The van der Waals surface area contributed by atoms with Crippen molar-refractivity contribution in [1.82, 2.24) is 5.32 Å². The van der Waals surface area contributed by atoms with Crippen LogP contribution in [0.4, 0.5) is 5.69 Å². The van der Waals surface area contributed by atoms with Crippen LogP contribution >= 0.6 is 0 Å². The lowest BCUT2D eigenvalue weighted by Gasteiger charge is -2.18. The van der Waals surface area contributed by atoms with E-state index in [-0.39, 0.29) is 11.9 Å². The van der Waals surface area contributed by atoms with Gasteiger partial charge in [-0.05, 0) is 43.5 Å². The fourth-order valence-corrected chi connectivity index (χ4v) is 2.72. The summed E-state index contributed by atoms with van der Waals surface area (Å²) in [5.41, 5.74) is 1.95. The molecule has 102 valence electrons. The lowest BCUT2D eigenvalue weighted by Crippen LogP contribution is -2.35. The Kier molecular flexibility index (Phi) is 3.69. The van der Waals surface area contributed by atoms with Gasteiger partial charge in [0.1, 0.15) is 0 Å². The summed E-state index contributed by atoms with van der Waals surface area (Å²) < 4.78 is 5.26. The number of anilines is 1. The first-order chi connectivity index (χ1) is 9.33. The van der Waals surface area contributed by atoms with Crippen molar-refractivity contribution >= 4 is 11.6 Å². The summed E-state index contributed by atoms with van der Waals surface area (Å²) in [4.78, 5) is 14.4. The zero-order valence-corrected chi connectivity index (χ0v) is 11.1. The Hall–Kier alpha value is -1.55. The fourth-order valence-electron chi connectivity index (χ4n) is 2.72. The predicted octanol–water partition coefficient (Wildman–Crippen LogP) is 1.81. The quantitative estimate of drug-likeness (QED) is 0.901. The molecule has 2 fully saturated rings. The number of ether oxygens (including phenoxy) is 1. The number of nitrogens with one attached hydrogen (secondary N) is 1. The Labute approximate surface area is 113 Å². The number of carbonyl (C=O) groups is 1. The molecular weight excluding hydrogens is 240 g/mol. The molecule has 4 heteroatoms. The van der Waals surface area contributed by atoms with Crippen LogP contribution in [0, 0.1) is 0 Å². The van der Waals surface area contributed by atoms with E-state index >= 15 is 0 Å². The Morgan fingerprint density at radius 3 is 2.58 bits per heavy atom. The number of hydrogen-bond acceptors (Lipinski definition) is 3. The molecule has 1 amide bonds. The van der Waals surface area contributed by atoms with Gasteiger partial charge in [0.2, 0.25) is 0 Å². The van der Waals surface area contributed by atoms with E-state index in [0.717, 1.165) is 31.7 Å². The summed E-state index contributed by atoms with van der Waals surface area (Å²) in [7, 11) is 0. The molecule has 0 radical (unpaired) electrons. The first-order valence-corrected chi connectivity index (χ1v) is 7.06. The van der Waals surface area contributed by atoms with Crippen molar-refractivity contribution in [3.63, 3.8) is 0 Å². The molecule has 2 saturated heterocycles. The average Bonchev–Trinajstić information content (AvgIpc) is 3.12. The van der Waals surface area contributed by atoms with Crippen LogP contribution in [0.25, 0.3) is 0 Å². The summed E-state index contributed by atoms with van der Waals surface area (Å²) in [6.45, 7) is 3.65. The third kappa shape index (κ3) is 2.89. The third-order valence-corrected chi connectivity index (χ3v) is 3.87. The van der Waals surface area contributed by atoms with Gasteiger partial charge in [-0.2, -0.15) is 0 Å². The normalized spacial score (nSPS) is 22.7. The Bertz CT molecular complexity index is 432. The van der Waals surface area contributed by atoms with E-state index in [1.54, 1.807) is 0 Å². The fraction of sp³-hybridized carbons (Fsp3) is 0.533. The summed E-state index contributed by atoms with van der Waals surface area (Å²) in [6, 6.07) is 8.10. The smallest absolute Gasteiger partial charge is 0.251 e. The maximum atomic E-state index is 12.1. The highest BCUT2D eigenvalue weighted by Crippen LogP contribution is 2.20. The van der Waals surface area contributed by atoms with Gasteiger partial charge in [0, 0.05) is 30.9 Å². The predicted molar refractivity (Wildman–Crippen MR) is 74.6 cm³/mol. The second-order valence-corrected chi connectivity index (χ2v) is 5.28. The summed E-state index contributed by atoms with van der Waals surface area (Å²) in [6.07, 6.45) is 3.45. The SMILES string of the molecule is O=C(N[C@@H]1CCOC1)c1ccc(N2CCCC2)cc1. The highest BCUT2D eigenvalue weighted by Gasteiger charge is 2.19. The number of hydrogen-bond donors (Lipinski definition) is 1. The zero-order chi connectivity index (χ0) is 13.1. The Morgan fingerprint density at radius 1 is 1.21 bits per heavy atom. The molecule has 1 aromatic carbocycles. The minimum Gasteiger partial charge on any atom is -0.379 e. The lowest BCUT2D eigenvalue weighted by molar-refractivity contribution is 0.0930. The molecule has 2 aliphatic heterocycles. The largest absolute Gasteiger partial charge is 0.379 e. The van der Waals surface area contributed by atoms with Crippen molar-refractivity contribution in [2.45, 2.75) is 25.3 Å². The molecule has 2 heterocycles. The summed E-state index contributed by atoms with van der Waals surface area (Å²) in [5, 5.41) is 3.01. The third-order valence-electron chi connectivity index (χ3n) is 3.87. The minimum absolute atomic E-state index is 0.00321. The number of amides is 1. The molecule has 3 rings (SSSR count). The van der Waals surface area contributed by atoms with E-state index in [9.17, 15) is 4.79 Å². The molecular formula is C15H20N2O2. The van der Waals surface area contributed by atoms with Gasteiger partial charge in [-0.3, -0.25) is 4.79 Å². The van der Waals surface area contributed by atoms with Crippen molar-refractivity contribution in [1.29, 1.82) is 0 Å². The van der Waals surface area contributed by atoms with Crippen LogP contribution in [0.5, 0.6) is 0 Å². The van der Waals surface area contributed by atoms with E-state index in [0.29, 0.717) is 6.61 Å². The average molecular weight is 260 g/mol. The summed E-state index contributed by atoms with van der Waals surface area (Å²) in [5.74, 6) is 0.00321. The molecule has 4 nitrogen and oxygen atoms in total. The van der Waals surface area contributed by atoms with E-state index in [1.165, 1.54) is 18.5 Å². The maximum absolute atomic E-state index is 12.1. The topological polar surface area (TPSA) is 41.6 Å². The number of rotatable bonds is 3. The standard InChI is InChI=1S/C15H20N2O2/c18-15(16-13-7-10-19-11-13)12-3-5-14(6-4-12)17-8-1-2-9-17/h3-6,13H,1-2,7-11H2,(H,16,18)/t13-/m1/s1. The second-order valence-electron chi connectivity index (χ2n) is 5.28. The van der Waals surface area contributed by atoms with Crippen LogP contribution < -0.4 is 10.2 Å². The zero-order valence-electron chi connectivity index (χ0n) is 11.1. The van der Waals surface area contributed by atoms with Crippen LogP contribution in [0.3, 0.4) is 0 Å². The highest BCUT2D eigenvalue weighted by molar-refractivity contribution is 5.94. The van der Waals surface area contributed by atoms with E-state index in [4.69, 9.17) is 4.74 Å². The first kappa shape index (κ1) is 12.5. The maximum Gasteiger partial charge on any atom is 0.251 e. The van der Waals surface area contributed by atoms with Crippen LogP contribution in [0.1, 0.15) is 29.6 Å². The minimum atomic E-state index is 0.00321. The molecule has 1 atom stereocenters. The number of carbonyl (C=O) groups excluding carboxylic acids is 1. The van der Waals surface area contributed by atoms with Crippen molar-refractivity contribution in [3.05, 3.63) is 29.8 Å². The molecule has 2 aliphatic rings. The van der Waals surface area contributed by atoms with Gasteiger partial charge in [-0.1, -0.05) is 0 Å². The molecule has 0 aromatic heterocycles. The van der Waals surface area contributed by atoms with E-state index in [2.05, 4.69) is 10.2 Å². The Balaban J connectivity index is 1.62. The van der Waals surface area contributed by atoms with Crippen LogP contribution in [-0.4, -0.2) is 38.3 Å². The first-order valence-electron chi connectivity index (χ1n) is 7.06. The molecule has 0 spiro atoms. The molecule has 0 aliphatic carbocycles. The van der Waals surface area contributed by atoms with Crippen molar-refractivity contribution in [3.8, 4) is 0 Å². The molecule has 0 bridgehead atoms. The summed E-state index contributed by atoms with van der Waals surface area (Å²) >= 11 is 0. The van der Waals surface area contributed by atoms with E-state index < -0.39 is 0 Å². The van der Waals surface area contributed by atoms with Crippen LogP contribution in [0.2, 0.25) is 0 Å². The van der Waals surface area contributed by atoms with Gasteiger partial charge < -0.3 is 15.0 Å². The molecule has 1 aromatic rings. The molecule has 0 saturated carbocycles. The molecule has 1 N–H and O–H groups in total. The van der Waals surface area contributed by atoms with Crippen LogP contribution in [-0.2, 0) is 4.74 Å². The van der Waals surface area contributed by atoms with Gasteiger partial charge in [0.15, 0.2) is 0 Å². The van der Waals surface area contributed by atoms with Gasteiger partial charge in [0.05, 0.1) is 12.6 Å². The van der Waals surface area contributed by atoms with Crippen molar-refractivity contribution in [2.24, 2.45) is 0 Å². The lowest BCUT2D eigenvalue weighted by atomic mass is 10.1. The van der Waals surface area contributed by atoms with E-state index in [1.807, 2.05) is 24.3 Å². The van der Waals surface area contributed by atoms with Gasteiger partial charge in [-0.15, -0.1) is 0 Å². The number of benzene rings is 1. The van der Waals surface area contributed by atoms with Crippen LogP contribution in [0.15, 0.2) is 24.3 Å². The monoisotopic (exact) mass is 260 g/mol. The Morgan fingerprint density at radius 2 is 1.95 bits per heavy atom. The number of nitrogens with zero attached hydrogens (tertiary/aromatic N) is 1. The van der Waals surface area contributed by atoms with Gasteiger partial charge in [0.25, 0.3) is 5.91 Å². The van der Waals surface area contributed by atoms with Crippen molar-refractivity contribution < 1.29 is 9.53 Å². The highest BCUT2D eigenvalue weighted by atomic mass is 16.5. The van der Waals surface area contributed by atoms with Gasteiger partial charge >= 0.3 is 0 Å².